The molecule has 6 heteroatoms. The summed E-state index contributed by atoms with van der Waals surface area (Å²) in [5.41, 5.74) is 1.35. The lowest BCUT2D eigenvalue weighted by molar-refractivity contribution is -0.126. The number of likely N-dealkylation sites (tertiary alicyclic amines) is 1. The van der Waals surface area contributed by atoms with Gasteiger partial charge in [-0.3, -0.25) is 14.3 Å². The summed E-state index contributed by atoms with van der Waals surface area (Å²) < 4.78 is 1.60. The van der Waals surface area contributed by atoms with Crippen LogP contribution in [0.5, 0.6) is 0 Å². The Labute approximate surface area is 131 Å². The number of carbonyl (C=O) groups excluding carboxylic acids is 1. The smallest absolute Gasteiger partial charge is 0.348 e. The number of likely N-dealkylation sites (N-methyl/N-ethyl adjacent to an activating group) is 1. The lowest BCUT2D eigenvalue weighted by Crippen LogP contribution is -2.46. The normalized spacial score (nSPS) is 19.7. The molecule has 1 aliphatic heterocycles. The zero-order chi connectivity index (χ0) is 16.1. The number of nitrogens with one attached hydrogen (secondary N) is 1. The minimum absolute atomic E-state index is 0.0449. The molecule has 1 aliphatic rings. The zero-order valence-corrected chi connectivity index (χ0v) is 13.8. The van der Waals surface area contributed by atoms with Crippen molar-refractivity contribution in [1.82, 2.24) is 19.8 Å². The van der Waals surface area contributed by atoms with Gasteiger partial charge in [0.25, 0.3) is 0 Å². The Balaban J connectivity index is 1.90. The molecule has 0 spiro atoms. The molecule has 2 rings (SSSR count). The van der Waals surface area contributed by atoms with Crippen LogP contribution in [0.2, 0.25) is 0 Å². The van der Waals surface area contributed by atoms with Gasteiger partial charge < -0.3 is 5.32 Å². The molecule has 1 fully saturated rings. The number of hydrogen-bond donors (Lipinski definition) is 1. The third-order valence-corrected chi connectivity index (χ3v) is 4.30. The zero-order valence-electron chi connectivity index (χ0n) is 13.8. The molecule has 1 atom stereocenters. The summed E-state index contributed by atoms with van der Waals surface area (Å²) in [6, 6.07) is 1.83. The highest BCUT2D eigenvalue weighted by Crippen LogP contribution is 2.15. The van der Waals surface area contributed by atoms with E-state index in [0.717, 1.165) is 37.2 Å². The van der Waals surface area contributed by atoms with E-state index in [2.05, 4.69) is 15.2 Å². The summed E-state index contributed by atoms with van der Waals surface area (Å²) in [5, 5.41) is 2.96. The molecule has 0 saturated carbocycles. The minimum atomic E-state index is -0.252. The van der Waals surface area contributed by atoms with Gasteiger partial charge in [-0.15, -0.1) is 0 Å². The van der Waals surface area contributed by atoms with Gasteiger partial charge in [0.2, 0.25) is 5.91 Å². The minimum Gasteiger partial charge on any atom is -0.353 e. The van der Waals surface area contributed by atoms with Crippen molar-refractivity contribution < 1.29 is 4.79 Å². The van der Waals surface area contributed by atoms with E-state index < -0.39 is 0 Å². The third kappa shape index (κ3) is 4.16. The first-order valence-electron chi connectivity index (χ1n) is 8.02. The lowest BCUT2D eigenvalue weighted by atomic mass is 10.1. The Bertz CT molecular complexity index is 582. The number of rotatable bonds is 4. The van der Waals surface area contributed by atoms with Crippen LogP contribution in [0.3, 0.4) is 0 Å². The van der Waals surface area contributed by atoms with Crippen molar-refractivity contribution in [2.24, 2.45) is 0 Å². The molecular weight excluding hydrogens is 280 g/mol. The van der Waals surface area contributed by atoms with Crippen LogP contribution in [0.15, 0.2) is 10.9 Å². The molecule has 1 aromatic heterocycles. The van der Waals surface area contributed by atoms with E-state index in [0.29, 0.717) is 13.1 Å². The predicted molar refractivity (Wildman–Crippen MR) is 85.9 cm³/mol. The van der Waals surface area contributed by atoms with E-state index in [4.69, 9.17) is 0 Å². The lowest BCUT2D eigenvalue weighted by Gasteiger charge is -2.24. The highest BCUT2D eigenvalue weighted by Gasteiger charge is 2.24. The van der Waals surface area contributed by atoms with Gasteiger partial charge in [-0.25, -0.2) is 4.79 Å². The van der Waals surface area contributed by atoms with E-state index in [1.54, 1.807) is 4.57 Å². The summed E-state index contributed by atoms with van der Waals surface area (Å²) in [4.78, 5) is 30.3. The molecule has 0 aromatic carbocycles. The molecule has 0 aliphatic carbocycles. The average Bonchev–Trinajstić information content (AvgIpc) is 2.66. The van der Waals surface area contributed by atoms with E-state index in [1.165, 1.54) is 6.42 Å². The van der Waals surface area contributed by atoms with Crippen molar-refractivity contribution in [3.63, 3.8) is 0 Å². The molecule has 1 amide bonds. The number of carbonyl (C=O) groups is 1. The van der Waals surface area contributed by atoms with Crippen molar-refractivity contribution in [3.8, 4) is 0 Å². The van der Waals surface area contributed by atoms with Crippen LogP contribution >= 0.6 is 0 Å². The SMILES string of the molecule is Cc1cc(C)n(CCNC(=O)[C@@H]2CCCCCN2C)c(=O)n1. The van der Waals surface area contributed by atoms with Gasteiger partial charge in [-0.1, -0.05) is 12.8 Å². The molecule has 6 nitrogen and oxygen atoms in total. The molecule has 0 radical (unpaired) electrons. The maximum absolute atomic E-state index is 12.3. The van der Waals surface area contributed by atoms with Crippen LogP contribution in [0.4, 0.5) is 0 Å². The Morgan fingerprint density at radius 3 is 2.86 bits per heavy atom. The van der Waals surface area contributed by atoms with Crippen LogP contribution in [0, 0.1) is 13.8 Å². The molecule has 0 bridgehead atoms. The van der Waals surface area contributed by atoms with Crippen LogP contribution in [-0.2, 0) is 11.3 Å². The summed E-state index contributed by atoms with van der Waals surface area (Å²) in [6.45, 7) is 5.58. The molecule has 22 heavy (non-hydrogen) atoms. The van der Waals surface area contributed by atoms with Gasteiger partial charge in [0, 0.05) is 24.5 Å². The predicted octanol–water partition coefficient (Wildman–Crippen LogP) is 0.851. The summed E-state index contributed by atoms with van der Waals surface area (Å²) in [7, 11) is 2.01. The Hall–Kier alpha value is -1.69. The maximum atomic E-state index is 12.3. The van der Waals surface area contributed by atoms with Gasteiger partial charge in [0.1, 0.15) is 0 Å². The monoisotopic (exact) mass is 306 g/mol. The van der Waals surface area contributed by atoms with Crippen LogP contribution < -0.4 is 11.0 Å². The Morgan fingerprint density at radius 1 is 1.36 bits per heavy atom. The first kappa shape index (κ1) is 16.7. The molecule has 122 valence electrons. The molecule has 1 N–H and O–H groups in total. The number of aryl methyl sites for hydroxylation is 2. The maximum Gasteiger partial charge on any atom is 0.348 e. The number of hydrogen-bond acceptors (Lipinski definition) is 4. The molecule has 1 aromatic rings. The summed E-state index contributed by atoms with van der Waals surface area (Å²) in [5.74, 6) is 0.0650. The highest BCUT2D eigenvalue weighted by molar-refractivity contribution is 5.81. The quantitative estimate of drug-likeness (QED) is 0.895. The number of amides is 1. The second-order valence-corrected chi connectivity index (χ2v) is 6.11. The van der Waals surface area contributed by atoms with Crippen molar-refractivity contribution in [3.05, 3.63) is 27.9 Å². The fourth-order valence-electron chi connectivity index (χ4n) is 3.04. The standard InChI is InChI=1S/C16H26N4O2/c1-12-11-13(2)20(16(22)18-12)10-8-17-15(21)14-7-5-4-6-9-19(14)3/h11,14H,4-10H2,1-3H3,(H,17,21)/t14-/m0/s1. The van der Waals surface area contributed by atoms with Gasteiger partial charge in [0.15, 0.2) is 0 Å². The fraction of sp³-hybridized carbons (Fsp3) is 0.688. The highest BCUT2D eigenvalue weighted by atomic mass is 16.2. The van der Waals surface area contributed by atoms with E-state index in [9.17, 15) is 9.59 Å². The third-order valence-electron chi connectivity index (χ3n) is 4.30. The second kappa shape index (κ2) is 7.54. The fourth-order valence-corrected chi connectivity index (χ4v) is 3.04. The number of aromatic nitrogens is 2. The van der Waals surface area contributed by atoms with Crippen LogP contribution in [0.1, 0.15) is 37.1 Å². The van der Waals surface area contributed by atoms with Gasteiger partial charge >= 0.3 is 5.69 Å². The molecular formula is C16H26N4O2. The average molecular weight is 306 g/mol. The first-order valence-corrected chi connectivity index (χ1v) is 8.02. The van der Waals surface area contributed by atoms with E-state index in [-0.39, 0.29) is 17.6 Å². The molecule has 1 saturated heterocycles. The van der Waals surface area contributed by atoms with Gasteiger partial charge in [-0.2, -0.15) is 4.98 Å². The molecule has 2 heterocycles. The largest absolute Gasteiger partial charge is 0.353 e. The van der Waals surface area contributed by atoms with Crippen molar-refractivity contribution >= 4 is 5.91 Å². The number of nitrogens with zero attached hydrogens (tertiary/aromatic N) is 3. The summed E-state index contributed by atoms with van der Waals surface area (Å²) in [6.07, 6.45) is 4.36. The topological polar surface area (TPSA) is 67.2 Å². The Kier molecular flexibility index (Phi) is 5.71. The van der Waals surface area contributed by atoms with E-state index in [1.807, 2.05) is 27.0 Å². The van der Waals surface area contributed by atoms with Gasteiger partial charge in [-0.05, 0) is 46.3 Å². The molecule has 0 unspecified atom stereocenters. The first-order chi connectivity index (χ1) is 10.5. The van der Waals surface area contributed by atoms with Crippen molar-refractivity contribution in [1.29, 1.82) is 0 Å². The second-order valence-electron chi connectivity index (χ2n) is 6.11. The Morgan fingerprint density at radius 2 is 2.14 bits per heavy atom. The van der Waals surface area contributed by atoms with Crippen LogP contribution in [0.25, 0.3) is 0 Å². The summed E-state index contributed by atoms with van der Waals surface area (Å²) >= 11 is 0. The van der Waals surface area contributed by atoms with E-state index >= 15 is 0 Å². The van der Waals surface area contributed by atoms with Gasteiger partial charge in [0.05, 0.1) is 6.04 Å². The van der Waals surface area contributed by atoms with Crippen molar-refractivity contribution in [2.45, 2.75) is 52.1 Å². The van der Waals surface area contributed by atoms with Crippen molar-refractivity contribution in [2.75, 3.05) is 20.1 Å². The van der Waals surface area contributed by atoms with Crippen LogP contribution in [-0.4, -0.2) is 46.5 Å².